The Bertz CT molecular complexity index is 928. The van der Waals surface area contributed by atoms with E-state index in [1.165, 1.54) is 4.57 Å². The topological polar surface area (TPSA) is 48.3 Å². The predicted octanol–water partition coefficient (Wildman–Crippen LogP) is 2.69. The molecule has 0 bridgehead atoms. The second kappa shape index (κ2) is 5.63. The highest BCUT2D eigenvalue weighted by Crippen LogP contribution is 2.20. The average Bonchev–Trinajstić information content (AvgIpc) is 3.09. The quantitative estimate of drug-likeness (QED) is 0.731. The zero-order valence-electron chi connectivity index (χ0n) is 12.7. The van der Waals surface area contributed by atoms with Crippen molar-refractivity contribution in [3.63, 3.8) is 0 Å². The van der Waals surface area contributed by atoms with Crippen molar-refractivity contribution >= 4 is 21.5 Å². The molecule has 116 valence electrons. The number of hydrogen-bond acceptors (Lipinski definition) is 3. The van der Waals surface area contributed by atoms with Gasteiger partial charge in [0.1, 0.15) is 0 Å². The summed E-state index contributed by atoms with van der Waals surface area (Å²) in [5.74, 6) is 0. The standard InChI is InChI=1S/C19H17NO3/c21-18-16-9-3-1-7-14(16)15-8-2-4-10-17(15)19(22)20(18)12-13-6-5-11-23-13/h1-4,7-10,13H,5-6,11-12H2/t13-/m1/s1. The van der Waals surface area contributed by atoms with Crippen LogP contribution in [0.2, 0.25) is 0 Å². The van der Waals surface area contributed by atoms with Crippen molar-refractivity contribution in [2.24, 2.45) is 0 Å². The summed E-state index contributed by atoms with van der Waals surface area (Å²) < 4.78 is 6.97. The van der Waals surface area contributed by atoms with Gasteiger partial charge in [-0.05, 0) is 35.7 Å². The lowest BCUT2D eigenvalue weighted by Crippen LogP contribution is -2.34. The van der Waals surface area contributed by atoms with Crippen LogP contribution in [0.1, 0.15) is 12.8 Å². The van der Waals surface area contributed by atoms with Crippen LogP contribution in [0, 0.1) is 0 Å². The largest absolute Gasteiger partial charge is 0.376 e. The normalized spacial score (nSPS) is 17.8. The maximum absolute atomic E-state index is 13.0. The fourth-order valence-electron chi connectivity index (χ4n) is 3.35. The minimum Gasteiger partial charge on any atom is -0.376 e. The molecule has 2 heterocycles. The van der Waals surface area contributed by atoms with Crippen LogP contribution in [0.25, 0.3) is 21.5 Å². The van der Waals surface area contributed by atoms with Gasteiger partial charge >= 0.3 is 0 Å². The van der Waals surface area contributed by atoms with E-state index in [-0.39, 0.29) is 17.2 Å². The summed E-state index contributed by atoms with van der Waals surface area (Å²) in [6, 6.07) is 14.8. The van der Waals surface area contributed by atoms with Crippen LogP contribution >= 0.6 is 0 Å². The van der Waals surface area contributed by atoms with E-state index in [9.17, 15) is 9.59 Å². The first kappa shape index (κ1) is 14.2. The molecular formula is C19H17NO3. The van der Waals surface area contributed by atoms with Gasteiger partial charge in [0, 0.05) is 17.4 Å². The minimum absolute atomic E-state index is 0.0553. The van der Waals surface area contributed by atoms with Crippen molar-refractivity contribution in [3.8, 4) is 0 Å². The third-order valence-corrected chi connectivity index (χ3v) is 4.51. The number of rotatable bonds is 2. The van der Waals surface area contributed by atoms with Gasteiger partial charge in [0.2, 0.25) is 0 Å². The van der Waals surface area contributed by atoms with Gasteiger partial charge in [-0.3, -0.25) is 14.2 Å². The van der Waals surface area contributed by atoms with Gasteiger partial charge in [0.15, 0.2) is 0 Å². The number of aromatic nitrogens is 1. The number of hydrogen-bond donors (Lipinski definition) is 0. The maximum atomic E-state index is 13.0. The molecule has 2 aromatic carbocycles. The van der Waals surface area contributed by atoms with Gasteiger partial charge in [-0.25, -0.2) is 0 Å². The maximum Gasteiger partial charge on any atom is 0.261 e. The molecule has 0 N–H and O–H groups in total. The third-order valence-electron chi connectivity index (χ3n) is 4.51. The number of fused-ring (bicyclic) bond motifs is 3. The van der Waals surface area contributed by atoms with Gasteiger partial charge in [-0.2, -0.15) is 0 Å². The second-order valence-corrected chi connectivity index (χ2v) is 5.95. The number of ether oxygens (including phenoxy) is 1. The molecule has 1 aliphatic heterocycles. The van der Waals surface area contributed by atoms with Gasteiger partial charge in [0.25, 0.3) is 11.1 Å². The highest BCUT2D eigenvalue weighted by Gasteiger charge is 2.19. The van der Waals surface area contributed by atoms with E-state index in [0.717, 1.165) is 23.6 Å². The van der Waals surface area contributed by atoms with Crippen molar-refractivity contribution in [3.05, 3.63) is 69.2 Å². The van der Waals surface area contributed by atoms with E-state index in [0.29, 0.717) is 23.9 Å². The summed E-state index contributed by atoms with van der Waals surface area (Å²) in [5.41, 5.74) is -0.477. The molecule has 4 heteroatoms. The first-order chi connectivity index (χ1) is 11.3. The molecular weight excluding hydrogens is 290 g/mol. The van der Waals surface area contributed by atoms with Crippen LogP contribution in [-0.2, 0) is 11.3 Å². The Morgan fingerprint density at radius 3 is 1.87 bits per heavy atom. The van der Waals surface area contributed by atoms with E-state index >= 15 is 0 Å². The monoisotopic (exact) mass is 307 g/mol. The molecule has 4 nitrogen and oxygen atoms in total. The molecule has 0 saturated carbocycles. The van der Waals surface area contributed by atoms with E-state index in [4.69, 9.17) is 4.74 Å². The Morgan fingerprint density at radius 1 is 0.870 bits per heavy atom. The number of nitrogens with zero attached hydrogens (tertiary/aromatic N) is 1. The highest BCUT2D eigenvalue weighted by atomic mass is 16.5. The summed E-state index contributed by atoms with van der Waals surface area (Å²) in [4.78, 5) is 25.9. The Morgan fingerprint density at radius 2 is 1.39 bits per heavy atom. The van der Waals surface area contributed by atoms with Crippen molar-refractivity contribution in [2.75, 3.05) is 6.61 Å². The molecule has 0 spiro atoms. The molecule has 4 rings (SSSR count). The molecule has 0 radical (unpaired) electrons. The molecule has 0 aliphatic carbocycles. The van der Waals surface area contributed by atoms with Crippen molar-refractivity contribution in [2.45, 2.75) is 25.5 Å². The lowest BCUT2D eigenvalue weighted by molar-refractivity contribution is 0.0957. The molecule has 0 unspecified atom stereocenters. The summed E-state index contributed by atoms with van der Waals surface area (Å²) in [7, 11) is 0. The van der Waals surface area contributed by atoms with Crippen LogP contribution in [0.3, 0.4) is 0 Å². The molecule has 1 aliphatic rings. The number of benzene rings is 2. The Balaban J connectivity index is 2.12. The molecule has 1 fully saturated rings. The average molecular weight is 307 g/mol. The van der Waals surface area contributed by atoms with Crippen LogP contribution < -0.4 is 11.1 Å². The molecule has 1 saturated heterocycles. The van der Waals surface area contributed by atoms with E-state index in [1.54, 1.807) is 12.1 Å². The van der Waals surface area contributed by atoms with Crippen LogP contribution in [0.5, 0.6) is 0 Å². The SMILES string of the molecule is O=c1c2ccccc2c2ccccc2c(=O)n1C[C@H]1CCCO1. The minimum atomic E-state index is -0.239. The fraction of sp³-hybridized carbons (Fsp3) is 0.263. The molecule has 0 amide bonds. The lowest BCUT2D eigenvalue weighted by Gasteiger charge is -2.09. The van der Waals surface area contributed by atoms with Gasteiger partial charge in [-0.1, -0.05) is 36.4 Å². The Kier molecular flexibility index (Phi) is 3.46. The summed E-state index contributed by atoms with van der Waals surface area (Å²) in [5, 5.41) is 2.78. The van der Waals surface area contributed by atoms with E-state index < -0.39 is 0 Å². The van der Waals surface area contributed by atoms with E-state index in [2.05, 4.69) is 0 Å². The van der Waals surface area contributed by atoms with Crippen molar-refractivity contribution < 1.29 is 4.74 Å². The smallest absolute Gasteiger partial charge is 0.261 e. The zero-order valence-corrected chi connectivity index (χ0v) is 12.7. The summed E-state index contributed by atoms with van der Waals surface area (Å²) >= 11 is 0. The van der Waals surface area contributed by atoms with Crippen LogP contribution in [-0.4, -0.2) is 17.3 Å². The van der Waals surface area contributed by atoms with Crippen LogP contribution in [0.4, 0.5) is 0 Å². The molecule has 3 aromatic rings. The van der Waals surface area contributed by atoms with Crippen LogP contribution in [0.15, 0.2) is 58.1 Å². The molecule has 1 aromatic heterocycles. The lowest BCUT2D eigenvalue weighted by atomic mass is 10.1. The highest BCUT2D eigenvalue weighted by molar-refractivity contribution is 6.05. The fourth-order valence-corrected chi connectivity index (χ4v) is 3.35. The zero-order chi connectivity index (χ0) is 15.8. The third kappa shape index (κ3) is 2.35. The van der Waals surface area contributed by atoms with Gasteiger partial charge in [0.05, 0.1) is 12.6 Å². The van der Waals surface area contributed by atoms with Gasteiger partial charge in [-0.15, -0.1) is 0 Å². The summed E-state index contributed by atoms with van der Waals surface area (Å²) in [6.07, 6.45) is 1.81. The molecule has 1 atom stereocenters. The Hall–Kier alpha value is -2.46. The molecule has 23 heavy (non-hydrogen) atoms. The van der Waals surface area contributed by atoms with Gasteiger partial charge < -0.3 is 4.74 Å². The predicted molar refractivity (Wildman–Crippen MR) is 91.0 cm³/mol. The summed E-state index contributed by atoms with van der Waals surface area (Å²) in [6.45, 7) is 1.02. The second-order valence-electron chi connectivity index (χ2n) is 5.95. The van der Waals surface area contributed by atoms with E-state index in [1.807, 2.05) is 36.4 Å². The first-order valence-corrected chi connectivity index (χ1v) is 7.92. The van der Waals surface area contributed by atoms with Crippen molar-refractivity contribution in [1.82, 2.24) is 4.57 Å². The first-order valence-electron chi connectivity index (χ1n) is 7.92. The van der Waals surface area contributed by atoms with Crippen molar-refractivity contribution in [1.29, 1.82) is 0 Å². The Labute approximate surface area is 132 Å².